The molecule has 1 unspecified atom stereocenters. The molecular formula is C15H21BrO. The molecular weight excluding hydrogens is 276 g/mol. The first kappa shape index (κ1) is 14.4. The molecule has 0 spiro atoms. The third-order valence-electron chi connectivity index (χ3n) is 3.14. The van der Waals surface area contributed by atoms with Gasteiger partial charge in [-0.2, -0.15) is 0 Å². The summed E-state index contributed by atoms with van der Waals surface area (Å²) in [7, 11) is 0. The molecule has 94 valence electrons. The number of ketones is 1. The molecule has 0 saturated carbocycles. The van der Waals surface area contributed by atoms with Gasteiger partial charge >= 0.3 is 0 Å². The quantitative estimate of drug-likeness (QED) is 0.472. The molecule has 0 aromatic heterocycles. The Kier molecular flexibility index (Phi) is 4.93. The van der Waals surface area contributed by atoms with E-state index in [-0.39, 0.29) is 11.2 Å². The molecule has 0 aromatic rings. The number of halogens is 1. The van der Waals surface area contributed by atoms with E-state index < -0.39 is 0 Å². The van der Waals surface area contributed by atoms with Crippen molar-refractivity contribution in [2.75, 3.05) is 0 Å². The van der Waals surface area contributed by atoms with Crippen LogP contribution in [0.1, 0.15) is 40.0 Å². The largest absolute Gasteiger partial charge is 0.290 e. The summed E-state index contributed by atoms with van der Waals surface area (Å²) in [5, 5.41) is 0. The van der Waals surface area contributed by atoms with E-state index >= 15 is 0 Å². The van der Waals surface area contributed by atoms with E-state index in [4.69, 9.17) is 0 Å². The van der Waals surface area contributed by atoms with Gasteiger partial charge in [-0.1, -0.05) is 54.1 Å². The van der Waals surface area contributed by atoms with Crippen LogP contribution < -0.4 is 0 Å². The maximum absolute atomic E-state index is 11.8. The highest BCUT2D eigenvalue weighted by molar-refractivity contribution is 9.09. The fourth-order valence-electron chi connectivity index (χ4n) is 1.84. The van der Waals surface area contributed by atoms with Crippen LogP contribution in [0.5, 0.6) is 0 Å². The van der Waals surface area contributed by atoms with Gasteiger partial charge in [-0.25, -0.2) is 0 Å². The maximum Gasteiger partial charge on any atom is 0.180 e. The van der Waals surface area contributed by atoms with E-state index in [0.29, 0.717) is 4.83 Å². The minimum Gasteiger partial charge on any atom is -0.290 e. The van der Waals surface area contributed by atoms with Gasteiger partial charge in [0.2, 0.25) is 0 Å². The third kappa shape index (κ3) is 4.63. The van der Waals surface area contributed by atoms with Crippen LogP contribution in [0.25, 0.3) is 0 Å². The van der Waals surface area contributed by atoms with E-state index in [0.717, 1.165) is 24.8 Å². The number of carbonyl (C=O) groups is 1. The molecule has 0 aromatic carbocycles. The number of allylic oxidation sites excluding steroid dienone is 5. The molecule has 17 heavy (non-hydrogen) atoms. The Morgan fingerprint density at radius 2 is 2.12 bits per heavy atom. The molecule has 1 aliphatic rings. The van der Waals surface area contributed by atoms with Gasteiger partial charge in [0.1, 0.15) is 0 Å². The Hall–Kier alpha value is -0.630. The van der Waals surface area contributed by atoms with Crippen LogP contribution in [0.3, 0.4) is 0 Å². The molecule has 0 heterocycles. The van der Waals surface area contributed by atoms with Gasteiger partial charge in [-0.3, -0.25) is 4.79 Å². The molecule has 0 saturated heterocycles. The van der Waals surface area contributed by atoms with Gasteiger partial charge in [-0.15, -0.1) is 0 Å². The average molecular weight is 297 g/mol. The predicted molar refractivity (Wildman–Crippen MR) is 77.4 cm³/mol. The molecule has 1 nitrogen and oxygen atoms in total. The van der Waals surface area contributed by atoms with Crippen molar-refractivity contribution in [2.45, 2.75) is 44.9 Å². The molecule has 0 N–H and O–H groups in total. The number of rotatable bonds is 0. The Morgan fingerprint density at radius 1 is 1.47 bits per heavy atom. The van der Waals surface area contributed by atoms with Gasteiger partial charge in [0.25, 0.3) is 0 Å². The van der Waals surface area contributed by atoms with Crippen molar-refractivity contribution in [1.82, 2.24) is 0 Å². The van der Waals surface area contributed by atoms with Gasteiger partial charge in [-0.05, 0) is 43.3 Å². The maximum atomic E-state index is 11.8. The zero-order chi connectivity index (χ0) is 13.1. The Bertz CT molecular complexity index is 374. The summed E-state index contributed by atoms with van der Waals surface area (Å²) in [6.45, 7) is 10.3. The summed E-state index contributed by atoms with van der Waals surface area (Å²) >= 11 is 3.69. The van der Waals surface area contributed by atoms with E-state index in [1.54, 1.807) is 6.08 Å². The first-order valence-electron chi connectivity index (χ1n) is 6.04. The average Bonchev–Trinajstić information content (AvgIpc) is 2.24. The standard InChI is InChI=1S/C15H21BrO/c1-11-6-5-7-12(2)14(17)8-9-15(3,4)10-13(11)16/h7-9,13H,1,5-6,10H2,2-4H3/b9-8+,12-7+. The van der Waals surface area contributed by atoms with E-state index in [2.05, 4.69) is 36.4 Å². The first-order valence-corrected chi connectivity index (χ1v) is 6.95. The molecule has 2 heteroatoms. The van der Waals surface area contributed by atoms with Crippen molar-refractivity contribution < 1.29 is 4.79 Å². The molecule has 1 atom stereocenters. The van der Waals surface area contributed by atoms with Crippen LogP contribution in [0, 0.1) is 5.41 Å². The van der Waals surface area contributed by atoms with Crippen molar-refractivity contribution in [3.05, 3.63) is 36.0 Å². The van der Waals surface area contributed by atoms with E-state index in [1.165, 1.54) is 5.57 Å². The van der Waals surface area contributed by atoms with Crippen molar-refractivity contribution >= 4 is 21.7 Å². The lowest BCUT2D eigenvalue weighted by Crippen LogP contribution is -2.16. The molecule has 0 fully saturated rings. The van der Waals surface area contributed by atoms with Gasteiger partial charge in [0.15, 0.2) is 5.78 Å². The lowest BCUT2D eigenvalue weighted by Gasteiger charge is -2.24. The molecule has 1 aliphatic carbocycles. The summed E-state index contributed by atoms with van der Waals surface area (Å²) in [6.07, 6.45) is 8.53. The summed E-state index contributed by atoms with van der Waals surface area (Å²) in [6, 6.07) is 0. The van der Waals surface area contributed by atoms with E-state index in [1.807, 2.05) is 19.1 Å². The number of carbonyl (C=O) groups excluding carboxylic acids is 1. The highest BCUT2D eigenvalue weighted by Crippen LogP contribution is 2.32. The number of hydrogen-bond acceptors (Lipinski definition) is 1. The second-order valence-electron chi connectivity index (χ2n) is 5.44. The smallest absolute Gasteiger partial charge is 0.180 e. The molecule has 0 amide bonds. The van der Waals surface area contributed by atoms with Crippen molar-refractivity contribution in [2.24, 2.45) is 5.41 Å². The summed E-state index contributed by atoms with van der Waals surface area (Å²) in [4.78, 5) is 12.1. The Morgan fingerprint density at radius 3 is 2.76 bits per heavy atom. The minimum absolute atomic E-state index is 0.0113. The fourth-order valence-corrected chi connectivity index (χ4v) is 2.90. The number of alkyl halides is 1. The molecule has 0 radical (unpaired) electrons. The Balaban J connectivity index is 2.97. The van der Waals surface area contributed by atoms with Crippen LogP contribution in [0.15, 0.2) is 36.0 Å². The fraction of sp³-hybridized carbons (Fsp3) is 0.533. The second-order valence-corrected chi connectivity index (χ2v) is 6.55. The van der Waals surface area contributed by atoms with Gasteiger partial charge in [0, 0.05) is 4.83 Å². The summed E-state index contributed by atoms with van der Waals surface area (Å²) in [5.41, 5.74) is 2.06. The van der Waals surface area contributed by atoms with Crippen molar-refractivity contribution in [1.29, 1.82) is 0 Å². The van der Waals surface area contributed by atoms with Crippen molar-refractivity contribution in [3.8, 4) is 0 Å². The molecule has 0 aliphatic heterocycles. The number of hydrogen-bond donors (Lipinski definition) is 0. The monoisotopic (exact) mass is 296 g/mol. The van der Waals surface area contributed by atoms with Gasteiger partial charge in [0.05, 0.1) is 0 Å². The topological polar surface area (TPSA) is 17.1 Å². The summed E-state index contributed by atoms with van der Waals surface area (Å²) in [5.74, 6) is 0.122. The third-order valence-corrected chi connectivity index (χ3v) is 4.11. The van der Waals surface area contributed by atoms with Crippen molar-refractivity contribution in [3.63, 3.8) is 0 Å². The van der Waals surface area contributed by atoms with Gasteiger partial charge < -0.3 is 0 Å². The lowest BCUT2D eigenvalue weighted by molar-refractivity contribution is -0.111. The first-order chi connectivity index (χ1) is 7.82. The molecule has 0 bridgehead atoms. The highest BCUT2D eigenvalue weighted by atomic mass is 79.9. The van der Waals surface area contributed by atoms with E-state index in [9.17, 15) is 4.79 Å². The van der Waals surface area contributed by atoms with Crippen LogP contribution in [0.2, 0.25) is 0 Å². The van der Waals surface area contributed by atoms with Crippen LogP contribution >= 0.6 is 15.9 Å². The lowest BCUT2D eigenvalue weighted by atomic mass is 9.85. The van der Waals surface area contributed by atoms with Crippen LogP contribution in [-0.2, 0) is 4.79 Å². The Labute approximate surface area is 113 Å². The predicted octanol–water partition coefficient (Wildman–Crippen LogP) is 4.59. The zero-order valence-corrected chi connectivity index (χ0v) is 12.5. The summed E-state index contributed by atoms with van der Waals surface area (Å²) < 4.78 is 0. The zero-order valence-electron chi connectivity index (χ0n) is 10.9. The highest BCUT2D eigenvalue weighted by Gasteiger charge is 2.21. The van der Waals surface area contributed by atoms with Crippen LogP contribution in [0.4, 0.5) is 0 Å². The SMILES string of the molecule is C=C1CC/C=C(\C)C(=O)/C=C/C(C)(C)CC1Br. The van der Waals surface area contributed by atoms with Crippen LogP contribution in [-0.4, -0.2) is 10.6 Å². The molecule has 1 rings (SSSR count). The normalized spacial score (nSPS) is 31.3. The second kappa shape index (κ2) is 5.81. The minimum atomic E-state index is 0.0113.